The number of aliphatic hydroxyl groups is 2. The van der Waals surface area contributed by atoms with Crippen molar-refractivity contribution >= 4 is 0 Å². The smallest absolute Gasteiger partial charge is 0.288 e. The zero-order chi connectivity index (χ0) is 37.6. The third-order valence-electron chi connectivity index (χ3n) is 9.00. The maximum absolute atomic E-state index is 10.9. The Hall–Kier alpha value is -6.64. The van der Waals surface area contributed by atoms with Gasteiger partial charge < -0.3 is 29.4 Å². The molecule has 2 N–H and O–H groups in total. The maximum atomic E-state index is 10.9. The quantitative estimate of drug-likeness (QED) is 0.140. The van der Waals surface area contributed by atoms with Gasteiger partial charge in [-0.25, -0.2) is 10.1 Å². The number of hydrogen-bond donors (Lipinski definition) is 2. The average molecular weight is 733 g/mol. The molecular weight excluding hydrogens is 696 g/mol. The highest BCUT2D eigenvalue weighted by atomic mass is 16.7. The largest absolute Gasteiger partial charge is 0.485 e. The number of benzene rings is 4. The monoisotopic (exact) mass is 732 g/mol. The Morgan fingerprint density at radius 1 is 0.611 bits per heavy atom. The highest BCUT2D eigenvalue weighted by Gasteiger charge is 2.30. The molecule has 0 radical (unpaired) electrons. The van der Waals surface area contributed by atoms with E-state index < -0.39 is 22.1 Å². The third kappa shape index (κ3) is 8.36. The van der Waals surface area contributed by atoms with E-state index in [9.17, 15) is 30.4 Å². The number of hydroxylamine groups is 4. The van der Waals surface area contributed by atoms with Crippen molar-refractivity contribution in [3.63, 3.8) is 0 Å². The van der Waals surface area contributed by atoms with Crippen molar-refractivity contribution in [1.29, 1.82) is 0 Å². The van der Waals surface area contributed by atoms with Crippen LogP contribution in [0, 0.1) is 20.2 Å². The van der Waals surface area contributed by atoms with Gasteiger partial charge in [0, 0.05) is 36.1 Å². The summed E-state index contributed by atoms with van der Waals surface area (Å²) in [7, 11) is 0. The highest BCUT2D eigenvalue weighted by Crippen LogP contribution is 2.43. The molecular formula is C40H36N4O10. The van der Waals surface area contributed by atoms with Crippen molar-refractivity contribution in [2.45, 2.75) is 37.3 Å². The van der Waals surface area contributed by atoms with E-state index in [1.54, 1.807) is 48.6 Å². The van der Waals surface area contributed by atoms with Gasteiger partial charge in [-0.1, -0.05) is 72.8 Å². The number of ether oxygens (including phenoxy) is 2. The number of fused-ring (bicyclic) bond motifs is 2. The zero-order valence-electron chi connectivity index (χ0n) is 28.8. The highest BCUT2D eigenvalue weighted by molar-refractivity contribution is 5.45. The molecule has 4 aliphatic heterocycles. The maximum Gasteiger partial charge on any atom is 0.288 e. The van der Waals surface area contributed by atoms with E-state index in [0.717, 1.165) is 11.1 Å². The van der Waals surface area contributed by atoms with Crippen LogP contribution in [0.2, 0.25) is 0 Å². The Bertz CT molecular complexity index is 1970. The molecule has 4 aliphatic rings. The number of allylic oxidation sites excluding steroid dienone is 2. The number of rotatable bonds is 8. The second-order valence-electron chi connectivity index (χ2n) is 12.7. The lowest BCUT2D eigenvalue weighted by Gasteiger charge is -2.30. The first-order chi connectivity index (χ1) is 26.2. The summed E-state index contributed by atoms with van der Waals surface area (Å²) in [6.07, 6.45) is 7.94. The Kier molecular flexibility index (Phi) is 10.6. The van der Waals surface area contributed by atoms with E-state index in [1.807, 2.05) is 60.7 Å². The first kappa shape index (κ1) is 35.7. The topological polar surface area (TPSA) is 170 Å². The van der Waals surface area contributed by atoms with Crippen LogP contribution in [-0.4, -0.2) is 43.3 Å². The molecule has 14 nitrogen and oxygen atoms in total. The van der Waals surface area contributed by atoms with Crippen molar-refractivity contribution in [3.8, 4) is 23.0 Å². The van der Waals surface area contributed by atoms with Gasteiger partial charge in [-0.3, -0.25) is 20.2 Å². The predicted octanol–water partition coefficient (Wildman–Crippen LogP) is 7.06. The molecule has 0 spiro atoms. The van der Waals surface area contributed by atoms with Crippen molar-refractivity contribution in [3.05, 3.63) is 188 Å². The molecule has 0 saturated carbocycles. The summed E-state index contributed by atoms with van der Waals surface area (Å²) in [5.74, 6) is 2.16. The lowest BCUT2D eigenvalue weighted by Crippen LogP contribution is -2.25. The van der Waals surface area contributed by atoms with Crippen LogP contribution in [0.5, 0.6) is 23.0 Å². The Morgan fingerprint density at radius 2 is 1.02 bits per heavy atom. The van der Waals surface area contributed by atoms with Crippen LogP contribution in [0.1, 0.15) is 59.5 Å². The molecule has 0 aliphatic carbocycles. The van der Waals surface area contributed by atoms with Gasteiger partial charge in [0.25, 0.3) is 11.4 Å². The van der Waals surface area contributed by atoms with Gasteiger partial charge in [0.2, 0.25) is 0 Å². The lowest BCUT2D eigenvalue weighted by atomic mass is 9.95. The summed E-state index contributed by atoms with van der Waals surface area (Å²) in [6, 6.07) is 29.9. The minimum absolute atomic E-state index is 0.0479. The Morgan fingerprint density at radius 3 is 1.41 bits per heavy atom. The van der Waals surface area contributed by atoms with Gasteiger partial charge in [-0.05, 0) is 47.5 Å². The van der Waals surface area contributed by atoms with E-state index in [2.05, 4.69) is 0 Å². The minimum atomic E-state index is -0.686. The first-order valence-electron chi connectivity index (χ1n) is 17.2. The average Bonchev–Trinajstić information content (AvgIpc) is 3.19. The molecule has 0 aromatic heterocycles. The van der Waals surface area contributed by atoms with Gasteiger partial charge in [0.15, 0.2) is 11.5 Å². The van der Waals surface area contributed by atoms with E-state index in [0.29, 0.717) is 60.1 Å². The van der Waals surface area contributed by atoms with Gasteiger partial charge in [-0.15, -0.1) is 0 Å². The summed E-state index contributed by atoms with van der Waals surface area (Å²) in [5, 5.41) is 45.7. The summed E-state index contributed by atoms with van der Waals surface area (Å²) in [5.41, 5.74) is 3.22. The fraction of sp³-hybridized carbons (Fsp3) is 0.200. The van der Waals surface area contributed by atoms with Crippen LogP contribution < -0.4 is 19.1 Å². The zero-order valence-corrected chi connectivity index (χ0v) is 28.8. The molecule has 276 valence electrons. The molecule has 4 heterocycles. The number of nitro groups is 2. The Labute approximate surface area is 309 Å². The summed E-state index contributed by atoms with van der Waals surface area (Å²) < 4.78 is 12.1. The van der Waals surface area contributed by atoms with E-state index in [-0.39, 0.29) is 23.6 Å². The molecule has 8 rings (SSSR count). The van der Waals surface area contributed by atoms with Crippen LogP contribution in [0.3, 0.4) is 0 Å². The summed E-state index contributed by atoms with van der Waals surface area (Å²) in [6.45, 7) is 0.785. The van der Waals surface area contributed by atoms with Crippen molar-refractivity contribution in [2.75, 3.05) is 13.1 Å². The molecule has 4 aromatic carbocycles. The van der Waals surface area contributed by atoms with Gasteiger partial charge in [0.1, 0.15) is 36.1 Å². The number of aliphatic hydroxyl groups excluding tert-OH is 2. The number of nitrogens with zero attached hydrogens (tertiary/aromatic N) is 4. The van der Waals surface area contributed by atoms with Crippen molar-refractivity contribution in [2.24, 2.45) is 0 Å². The molecule has 0 amide bonds. The SMILES string of the molecule is O=[N+]([O-])C1=CN(Oc2ccc3c(c2)C(O)CC(c2ccccc2)O3)CC=C1.O=[N+]([O-])C1=CN(Oc2ccc3c(c2)C(O)CC(c2ccccc2)O3)CC=C1. The lowest BCUT2D eigenvalue weighted by molar-refractivity contribution is -0.421. The van der Waals surface area contributed by atoms with Gasteiger partial charge in [-0.2, -0.15) is 0 Å². The predicted molar refractivity (Wildman–Crippen MR) is 195 cm³/mol. The van der Waals surface area contributed by atoms with Crippen LogP contribution in [0.15, 0.2) is 145 Å². The molecule has 54 heavy (non-hydrogen) atoms. The summed E-state index contributed by atoms with van der Waals surface area (Å²) in [4.78, 5) is 32.2. The molecule has 4 aromatic rings. The normalized spacial score (nSPS) is 21.1. The minimum Gasteiger partial charge on any atom is -0.485 e. The van der Waals surface area contributed by atoms with Crippen LogP contribution in [-0.2, 0) is 0 Å². The van der Waals surface area contributed by atoms with E-state index >= 15 is 0 Å². The fourth-order valence-corrected chi connectivity index (χ4v) is 6.36. The van der Waals surface area contributed by atoms with Crippen LogP contribution >= 0.6 is 0 Å². The van der Waals surface area contributed by atoms with Crippen molar-refractivity contribution in [1.82, 2.24) is 10.1 Å². The standard InChI is InChI=1S/2C20H18N2O5/c2*23-18-12-20(14-5-2-1-3-6-14)26-19-9-8-16(11-17(18)19)27-21-10-4-7-15(13-21)22(24)25/h2*1-9,11,13,18,20,23H,10,12H2. The van der Waals surface area contributed by atoms with Gasteiger partial charge in [0.05, 0.1) is 35.1 Å². The number of hydrogen-bond acceptors (Lipinski definition) is 12. The van der Waals surface area contributed by atoms with E-state index in [1.165, 1.54) is 34.7 Å². The summed E-state index contributed by atoms with van der Waals surface area (Å²) >= 11 is 0. The van der Waals surface area contributed by atoms with Crippen LogP contribution in [0.25, 0.3) is 0 Å². The Balaban J connectivity index is 0.000000167. The molecule has 0 saturated heterocycles. The molecule has 0 bridgehead atoms. The second kappa shape index (κ2) is 15.9. The fourth-order valence-electron chi connectivity index (χ4n) is 6.36. The molecule has 4 atom stereocenters. The second-order valence-corrected chi connectivity index (χ2v) is 12.7. The molecule has 14 heteroatoms. The molecule has 0 fully saturated rings. The van der Waals surface area contributed by atoms with Gasteiger partial charge >= 0.3 is 0 Å². The first-order valence-corrected chi connectivity index (χ1v) is 17.2. The van der Waals surface area contributed by atoms with E-state index in [4.69, 9.17) is 19.1 Å². The van der Waals surface area contributed by atoms with Crippen LogP contribution in [0.4, 0.5) is 0 Å². The third-order valence-corrected chi connectivity index (χ3v) is 9.00. The molecule has 4 unspecified atom stereocenters. The van der Waals surface area contributed by atoms with Crippen molar-refractivity contribution < 1.29 is 39.2 Å².